The summed E-state index contributed by atoms with van der Waals surface area (Å²) in [5.41, 5.74) is 12.5. The Morgan fingerprint density at radius 1 is 1.00 bits per heavy atom. The van der Waals surface area contributed by atoms with E-state index >= 15 is 0 Å². The number of hydrogen-bond acceptors (Lipinski definition) is 4. The van der Waals surface area contributed by atoms with Gasteiger partial charge in [-0.2, -0.15) is 0 Å². The fourth-order valence-corrected chi connectivity index (χ4v) is 3.99. The fraction of sp³-hybridized carbons (Fsp3) is 0.100. The topological polar surface area (TPSA) is 50.1 Å². The van der Waals surface area contributed by atoms with E-state index in [0.717, 1.165) is 34.9 Å². The highest BCUT2D eigenvalue weighted by Gasteiger charge is 2.18. The molecule has 0 aliphatic carbocycles. The Hall–Kier alpha value is -2.59. The Morgan fingerprint density at radius 2 is 1.83 bits per heavy atom. The van der Waals surface area contributed by atoms with Gasteiger partial charge in [0.05, 0.1) is 22.7 Å². The van der Waals surface area contributed by atoms with Crippen molar-refractivity contribution in [1.82, 2.24) is 0 Å². The maximum absolute atomic E-state index is 6.07. The van der Waals surface area contributed by atoms with E-state index in [0.29, 0.717) is 0 Å². The van der Waals surface area contributed by atoms with Crippen LogP contribution in [0.15, 0.2) is 70.5 Å². The summed E-state index contributed by atoms with van der Waals surface area (Å²) >= 11 is 1.81. The number of anilines is 4. The molecule has 3 aromatic rings. The van der Waals surface area contributed by atoms with E-state index in [1.807, 2.05) is 6.07 Å². The van der Waals surface area contributed by atoms with E-state index < -0.39 is 0 Å². The first-order valence-corrected chi connectivity index (χ1v) is 8.88. The summed E-state index contributed by atoms with van der Waals surface area (Å²) in [6.07, 6.45) is 0. The highest BCUT2D eigenvalue weighted by Crippen LogP contribution is 2.48. The molecule has 0 amide bonds. The van der Waals surface area contributed by atoms with Gasteiger partial charge in [0.15, 0.2) is 0 Å². The molecule has 3 aromatic carbocycles. The molecule has 0 saturated carbocycles. The Labute approximate surface area is 146 Å². The molecule has 120 valence electrons. The van der Waals surface area contributed by atoms with Gasteiger partial charge in [0, 0.05) is 21.9 Å². The number of para-hydroxylation sites is 2. The zero-order chi connectivity index (χ0) is 16.5. The predicted molar refractivity (Wildman–Crippen MR) is 104 cm³/mol. The van der Waals surface area contributed by atoms with Crippen molar-refractivity contribution in [3.63, 3.8) is 0 Å². The number of hydrogen-bond donors (Lipinski definition) is 3. The molecular weight excluding hydrogens is 314 g/mol. The van der Waals surface area contributed by atoms with Crippen LogP contribution in [-0.2, 0) is 0 Å². The van der Waals surface area contributed by atoms with E-state index in [4.69, 9.17) is 5.73 Å². The van der Waals surface area contributed by atoms with E-state index in [-0.39, 0.29) is 0 Å². The van der Waals surface area contributed by atoms with E-state index in [2.05, 4.69) is 72.2 Å². The smallest absolute Gasteiger partial charge is 0.0606 e. The Balaban J connectivity index is 1.80. The first-order valence-electron chi connectivity index (χ1n) is 8.07. The maximum atomic E-state index is 6.07. The van der Waals surface area contributed by atoms with E-state index in [9.17, 15) is 0 Å². The van der Waals surface area contributed by atoms with Gasteiger partial charge in [-0.1, -0.05) is 42.1 Å². The Kier molecular flexibility index (Phi) is 3.82. The molecule has 1 aliphatic heterocycles. The number of fused-ring (bicyclic) bond motifs is 2. The predicted octanol–water partition coefficient (Wildman–Crippen LogP) is 5.58. The Morgan fingerprint density at radius 3 is 2.71 bits per heavy atom. The van der Waals surface area contributed by atoms with Gasteiger partial charge in [-0.05, 0) is 42.8 Å². The normalized spacial score (nSPS) is 12.0. The lowest BCUT2D eigenvalue weighted by Gasteiger charge is -2.23. The minimum atomic E-state index is 0.776. The summed E-state index contributed by atoms with van der Waals surface area (Å²) in [7, 11) is 0. The third kappa shape index (κ3) is 2.59. The van der Waals surface area contributed by atoms with Crippen molar-refractivity contribution < 1.29 is 0 Å². The van der Waals surface area contributed by atoms with E-state index in [1.165, 1.54) is 15.4 Å². The number of rotatable bonds is 3. The van der Waals surface area contributed by atoms with Crippen molar-refractivity contribution >= 4 is 34.5 Å². The number of benzene rings is 3. The highest BCUT2D eigenvalue weighted by atomic mass is 32.2. The van der Waals surface area contributed by atoms with Gasteiger partial charge in [-0.25, -0.2) is 0 Å². The molecule has 0 saturated heterocycles. The zero-order valence-electron chi connectivity index (χ0n) is 13.5. The van der Waals surface area contributed by atoms with Gasteiger partial charge < -0.3 is 16.4 Å². The lowest BCUT2D eigenvalue weighted by molar-refractivity contribution is 1.21. The number of nitrogens with two attached hydrogens (primary N) is 1. The molecule has 4 heteroatoms. The molecule has 4 N–H and O–H groups in total. The SMILES string of the molecule is CCNc1cc(-c2cccc3c2Nc2ccccc2S3)ccc1N. The molecule has 0 atom stereocenters. The summed E-state index contributed by atoms with van der Waals surface area (Å²) in [6, 6.07) is 21.0. The molecule has 0 radical (unpaired) electrons. The van der Waals surface area contributed by atoms with Crippen LogP contribution in [0.5, 0.6) is 0 Å². The van der Waals surface area contributed by atoms with Crippen LogP contribution < -0.4 is 16.4 Å². The third-order valence-corrected chi connectivity index (χ3v) is 5.26. The van der Waals surface area contributed by atoms with Crippen molar-refractivity contribution in [1.29, 1.82) is 0 Å². The van der Waals surface area contributed by atoms with Crippen LogP contribution in [0.1, 0.15) is 6.92 Å². The van der Waals surface area contributed by atoms with Crippen LogP contribution >= 0.6 is 11.8 Å². The summed E-state index contributed by atoms with van der Waals surface area (Å²) in [6.45, 7) is 2.92. The molecule has 0 fully saturated rings. The first kappa shape index (κ1) is 15.0. The average Bonchev–Trinajstić information content (AvgIpc) is 2.61. The molecule has 0 bridgehead atoms. The molecule has 0 aromatic heterocycles. The van der Waals surface area contributed by atoms with Gasteiger partial charge in [-0.3, -0.25) is 0 Å². The van der Waals surface area contributed by atoms with Crippen LogP contribution in [0, 0.1) is 0 Å². The quantitative estimate of drug-likeness (QED) is 0.429. The van der Waals surface area contributed by atoms with Crippen LogP contribution in [0.4, 0.5) is 22.7 Å². The second-order valence-corrected chi connectivity index (χ2v) is 6.82. The van der Waals surface area contributed by atoms with Crippen molar-refractivity contribution in [2.75, 3.05) is 22.9 Å². The van der Waals surface area contributed by atoms with Gasteiger partial charge >= 0.3 is 0 Å². The highest BCUT2D eigenvalue weighted by molar-refractivity contribution is 7.99. The van der Waals surface area contributed by atoms with E-state index in [1.54, 1.807) is 11.8 Å². The van der Waals surface area contributed by atoms with Crippen LogP contribution in [0.3, 0.4) is 0 Å². The van der Waals surface area contributed by atoms with Crippen molar-refractivity contribution in [2.45, 2.75) is 16.7 Å². The van der Waals surface area contributed by atoms with Crippen LogP contribution in [0.25, 0.3) is 11.1 Å². The second kappa shape index (κ2) is 6.13. The van der Waals surface area contributed by atoms with Crippen molar-refractivity contribution in [2.24, 2.45) is 0 Å². The maximum Gasteiger partial charge on any atom is 0.0606 e. The number of nitrogens with one attached hydrogen (secondary N) is 2. The zero-order valence-corrected chi connectivity index (χ0v) is 14.3. The lowest BCUT2D eigenvalue weighted by Crippen LogP contribution is -2.03. The largest absolute Gasteiger partial charge is 0.397 e. The van der Waals surface area contributed by atoms with Gasteiger partial charge in [-0.15, -0.1) is 0 Å². The summed E-state index contributed by atoms with van der Waals surface area (Å²) in [5, 5.41) is 6.93. The standard InChI is InChI=1S/C20H19N3S/c1-2-22-17-12-13(10-11-15(17)21)14-6-5-9-19-20(14)23-16-7-3-4-8-18(16)24-19/h3-12,22-23H,2,21H2,1H3. The fourth-order valence-electron chi connectivity index (χ4n) is 2.97. The average molecular weight is 333 g/mol. The van der Waals surface area contributed by atoms with Gasteiger partial charge in [0.25, 0.3) is 0 Å². The number of nitrogen functional groups attached to an aromatic ring is 1. The molecular formula is C20H19N3S. The van der Waals surface area contributed by atoms with Crippen LogP contribution in [0.2, 0.25) is 0 Å². The van der Waals surface area contributed by atoms with Crippen molar-refractivity contribution in [3.8, 4) is 11.1 Å². The molecule has 1 heterocycles. The summed E-state index contributed by atoms with van der Waals surface area (Å²) in [5.74, 6) is 0. The molecule has 1 aliphatic rings. The second-order valence-electron chi connectivity index (χ2n) is 5.73. The third-order valence-electron chi connectivity index (χ3n) is 4.12. The lowest BCUT2D eigenvalue weighted by atomic mass is 10.0. The van der Waals surface area contributed by atoms with Crippen LogP contribution in [-0.4, -0.2) is 6.54 Å². The summed E-state index contributed by atoms with van der Waals surface area (Å²) < 4.78 is 0. The minimum Gasteiger partial charge on any atom is -0.397 e. The first-order chi connectivity index (χ1) is 11.8. The Bertz CT molecular complexity index is 905. The van der Waals surface area contributed by atoms with Crippen molar-refractivity contribution in [3.05, 3.63) is 60.7 Å². The molecule has 24 heavy (non-hydrogen) atoms. The molecule has 3 nitrogen and oxygen atoms in total. The van der Waals surface area contributed by atoms with Gasteiger partial charge in [0.2, 0.25) is 0 Å². The monoisotopic (exact) mass is 333 g/mol. The molecule has 0 spiro atoms. The molecule has 0 unspecified atom stereocenters. The van der Waals surface area contributed by atoms with Gasteiger partial charge in [0.1, 0.15) is 0 Å². The minimum absolute atomic E-state index is 0.776. The summed E-state index contributed by atoms with van der Waals surface area (Å²) in [4.78, 5) is 2.50. The molecule has 4 rings (SSSR count).